The fourth-order valence-corrected chi connectivity index (χ4v) is 5.14. The monoisotopic (exact) mass is 461 g/mol. The Morgan fingerprint density at radius 1 is 1.06 bits per heavy atom. The number of hydrogen-bond acceptors (Lipinski definition) is 6. The van der Waals surface area contributed by atoms with Crippen LogP contribution in [-0.2, 0) is 10.0 Å². The lowest BCUT2D eigenvalue weighted by atomic mass is 10.0. The average molecular weight is 462 g/mol. The smallest absolute Gasteiger partial charge is 0.240 e. The van der Waals surface area contributed by atoms with Crippen LogP contribution in [0.25, 0.3) is 0 Å². The molecular formula is C22H24FN3O3S2. The third-order valence-corrected chi connectivity index (χ3v) is 7.29. The number of unbranched alkanes of at least 4 members (excludes halogenated alkanes) is 1. The van der Waals surface area contributed by atoms with E-state index in [1.54, 1.807) is 19.2 Å². The highest BCUT2D eigenvalue weighted by atomic mass is 32.2. The molecule has 9 heteroatoms. The molecule has 31 heavy (non-hydrogen) atoms. The number of halogens is 1. The maximum atomic E-state index is 13.4. The Balaban J connectivity index is 1.44. The molecule has 1 heterocycles. The van der Waals surface area contributed by atoms with Crippen molar-refractivity contribution in [3.05, 3.63) is 76.0 Å². The van der Waals surface area contributed by atoms with Gasteiger partial charge in [-0.05, 0) is 49.9 Å². The number of benzene rings is 2. The van der Waals surface area contributed by atoms with Crippen LogP contribution in [0.15, 0.2) is 53.6 Å². The Morgan fingerprint density at radius 3 is 2.58 bits per heavy atom. The van der Waals surface area contributed by atoms with Gasteiger partial charge < -0.3 is 5.32 Å². The standard InChI is InChI=1S/C22H24FN3O3S2/c1-15-7-3-4-8-18(15)21(27)19-14-25-22(30-19)24-11-5-6-12-26-31(28,29)20-13-17(23)10-9-16(20)2/h3-4,7-10,13-14,26H,5-6,11-12H2,1-2H3,(H,24,25). The van der Waals surface area contributed by atoms with Crippen LogP contribution in [0.1, 0.15) is 39.2 Å². The second-order valence-electron chi connectivity index (χ2n) is 7.12. The molecule has 2 N–H and O–H groups in total. The highest BCUT2D eigenvalue weighted by Crippen LogP contribution is 2.22. The van der Waals surface area contributed by atoms with Crippen LogP contribution < -0.4 is 10.0 Å². The van der Waals surface area contributed by atoms with Crippen LogP contribution in [0.2, 0.25) is 0 Å². The zero-order valence-electron chi connectivity index (χ0n) is 17.3. The molecule has 0 aliphatic carbocycles. The number of hydrogen-bond donors (Lipinski definition) is 2. The summed E-state index contributed by atoms with van der Waals surface area (Å²) >= 11 is 1.29. The van der Waals surface area contributed by atoms with Gasteiger partial charge >= 0.3 is 0 Å². The summed E-state index contributed by atoms with van der Waals surface area (Å²) in [5.41, 5.74) is 2.08. The van der Waals surface area contributed by atoms with E-state index < -0.39 is 15.8 Å². The van der Waals surface area contributed by atoms with E-state index >= 15 is 0 Å². The summed E-state index contributed by atoms with van der Waals surface area (Å²) in [4.78, 5) is 17.4. The first-order valence-corrected chi connectivity index (χ1v) is 12.1. The Hall–Kier alpha value is -2.62. The van der Waals surface area contributed by atoms with Gasteiger partial charge in [-0.1, -0.05) is 41.7 Å². The minimum atomic E-state index is -3.75. The van der Waals surface area contributed by atoms with E-state index in [1.807, 2.05) is 25.1 Å². The third-order valence-electron chi connectivity index (χ3n) is 4.73. The molecule has 0 unspecified atom stereocenters. The molecule has 3 aromatic rings. The van der Waals surface area contributed by atoms with Gasteiger partial charge in [0.25, 0.3) is 0 Å². The highest BCUT2D eigenvalue weighted by molar-refractivity contribution is 7.89. The molecule has 0 radical (unpaired) electrons. The van der Waals surface area contributed by atoms with Gasteiger partial charge in [0.2, 0.25) is 15.8 Å². The van der Waals surface area contributed by atoms with E-state index in [-0.39, 0.29) is 17.2 Å². The summed E-state index contributed by atoms with van der Waals surface area (Å²) in [6.45, 7) is 4.36. The predicted octanol–water partition coefficient (Wildman–Crippen LogP) is 4.30. The fourth-order valence-electron chi connectivity index (χ4n) is 3.01. The van der Waals surface area contributed by atoms with Crippen molar-refractivity contribution in [1.29, 1.82) is 0 Å². The van der Waals surface area contributed by atoms with Crippen molar-refractivity contribution >= 4 is 32.3 Å². The molecular weight excluding hydrogens is 437 g/mol. The minimum Gasteiger partial charge on any atom is -0.362 e. The van der Waals surface area contributed by atoms with Crippen LogP contribution in [0.3, 0.4) is 0 Å². The number of carbonyl (C=O) groups excluding carboxylic acids is 1. The van der Waals surface area contributed by atoms with Gasteiger partial charge in [0.05, 0.1) is 16.0 Å². The molecule has 0 saturated carbocycles. The number of aryl methyl sites for hydroxylation is 2. The van der Waals surface area contributed by atoms with Crippen molar-refractivity contribution in [2.75, 3.05) is 18.4 Å². The van der Waals surface area contributed by atoms with Gasteiger partial charge in [-0.15, -0.1) is 0 Å². The molecule has 0 saturated heterocycles. The first-order chi connectivity index (χ1) is 14.8. The first-order valence-electron chi connectivity index (χ1n) is 9.84. The van der Waals surface area contributed by atoms with E-state index in [0.717, 1.165) is 11.6 Å². The van der Waals surface area contributed by atoms with Crippen molar-refractivity contribution in [3.8, 4) is 0 Å². The van der Waals surface area contributed by atoms with Crippen molar-refractivity contribution in [2.24, 2.45) is 0 Å². The number of nitrogens with zero attached hydrogens (tertiary/aromatic N) is 1. The van der Waals surface area contributed by atoms with Gasteiger partial charge in [0, 0.05) is 18.7 Å². The number of sulfonamides is 1. The average Bonchev–Trinajstić information content (AvgIpc) is 3.21. The molecule has 0 spiro atoms. The number of anilines is 1. The second kappa shape index (κ2) is 10.1. The fraction of sp³-hybridized carbons (Fsp3) is 0.273. The van der Waals surface area contributed by atoms with E-state index in [0.29, 0.717) is 40.5 Å². The molecule has 0 aliphatic heterocycles. The van der Waals surface area contributed by atoms with Gasteiger partial charge in [-0.25, -0.2) is 22.5 Å². The molecule has 0 aliphatic rings. The summed E-state index contributed by atoms with van der Waals surface area (Å²) < 4.78 is 40.5. The third kappa shape index (κ3) is 5.96. The summed E-state index contributed by atoms with van der Waals surface area (Å²) in [6.07, 6.45) is 2.86. The predicted molar refractivity (Wildman–Crippen MR) is 121 cm³/mol. The maximum Gasteiger partial charge on any atom is 0.240 e. The Morgan fingerprint density at radius 2 is 1.81 bits per heavy atom. The van der Waals surface area contributed by atoms with Gasteiger partial charge in [0.1, 0.15) is 5.82 Å². The van der Waals surface area contributed by atoms with Gasteiger partial charge in [0.15, 0.2) is 5.13 Å². The number of ketones is 1. The normalized spacial score (nSPS) is 11.5. The highest BCUT2D eigenvalue weighted by Gasteiger charge is 2.17. The van der Waals surface area contributed by atoms with Crippen LogP contribution >= 0.6 is 11.3 Å². The van der Waals surface area contributed by atoms with Crippen molar-refractivity contribution in [3.63, 3.8) is 0 Å². The van der Waals surface area contributed by atoms with E-state index in [2.05, 4.69) is 15.0 Å². The molecule has 0 amide bonds. The lowest BCUT2D eigenvalue weighted by Crippen LogP contribution is -2.26. The lowest BCUT2D eigenvalue weighted by Gasteiger charge is -2.09. The van der Waals surface area contributed by atoms with Crippen LogP contribution in [0.5, 0.6) is 0 Å². The Bertz CT molecular complexity index is 1180. The lowest BCUT2D eigenvalue weighted by molar-refractivity contribution is 0.104. The Labute approximate surface area is 185 Å². The summed E-state index contributed by atoms with van der Waals surface area (Å²) in [5, 5.41) is 3.81. The van der Waals surface area contributed by atoms with E-state index in [9.17, 15) is 17.6 Å². The number of thiazole rings is 1. The number of nitrogens with one attached hydrogen (secondary N) is 2. The number of aromatic nitrogens is 1. The summed E-state index contributed by atoms with van der Waals surface area (Å²) in [5.74, 6) is -0.635. The molecule has 0 bridgehead atoms. The topological polar surface area (TPSA) is 88.2 Å². The summed E-state index contributed by atoms with van der Waals surface area (Å²) in [6, 6.07) is 11.1. The SMILES string of the molecule is Cc1ccccc1C(=O)c1cnc(NCCCCNS(=O)(=O)c2cc(F)ccc2C)s1. The van der Waals surface area contributed by atoms with Crippen molar-refractivity contribution < 1.29 is 17.6 Å². The molecule has 2 aromatic carbocycles. The van der Waals surface area contributed by atoms with Crippen LogP contribution in [0.4, 0.5) is 9.52 Å². The zero-order valence-corrected chi connectivity index (χ0v) is 18.9. The largest absolute Gasteiger partial charge is 0.362 e. The Kier molecular flexibility index (Phi) is 7.53. The van der Waals surface area contributed by atoms with E-state index in [1.165, 1.54) is 23.5 Å². The second-order valence-corrected chi connectivity index (χ2v) is 9.88. The quantitative estimate of drug-likeness (QED) is 0.347. The van der Waals surface area contributed by atoms with Crippen molar-refractivity contribution in [2.45, 2.75) is 31.6 Å². The maximum absolute atomic E-state index is 13.4. The number of rotatable bonds is 10. The molecule has 0 atom stereocenters. The molecule has 164 valence electrons. The van der Waals surface area contributed by atoms with Gasteiger partial charge in [-0.3, -0.25) is 4.79 Å². The minimum absolute atomic E-state index is 0.0424. The molecule has 3 rings (SSSR count). The van der Waals surface area contributed by atoms with Crippen molar-refractivity contribution in [1.82, 2.24) is 9.71 Å². The first kappa shape index (κ1) is 23.1. The molecule has 1 aromatic heterocycles. The van der Waals surface area contributed by atoms with Crippen LogP contribution in [-0.4, -0.2) is 32.3 Å². The van der Waals surface area contributed by atoms with Crippen LogP contribution in [0, 0.1) is 19.7 Å². The summed E-state index contributed by atoms with van der Waals surface area (Å²) in [7, 11) is -3.75. The van der Waals surface area contributed by atoms with Gasteiger partial charge in [-0.2, -0.15) is 0 Å². The molecule has 6 nitrogen and oxygen atoms in total. The zero-order chi connectivity index (χ0) is 22.4. The van der Waals surface area contributed by atoms with E-state index in [4.69, 9.17) is 0 Å². The number of carbonyl (C=O) groups is 1. The molecule has 0 fully saturated rings.